The predicted octanol–water partition coefficient (Wildman–Crippen LogP) is -0.0894. The summed E-state index contributed by atoms with van der Waals surface area (Å²) in [5, 5.41) is 11.1. The molecule has 0 aliphatic rings. The molecule has 0 aromatic rings. The first-order chi connectivity index (χ1) is 6.29. The number of hydrogen-bond donors (Lipinski definition) is 3. The minimum Gasteiger partial charge on any atom is -0.480 e. The molecule has 0 spiro atoms. The van der Waals surface area contributed by atoms with Crippen molar-refractivity contribution in [3.8, 4) is 0 Å². The zero-order valence-corrected chi connectivity index (χ0v) is 9.30. The molecule has 1 unspecified atom stereocenters. The van der Waals surface area contributed by atoms with Crippen molar-refractivity contribution in [3.05, 3.63) is 0 Å². The van der Waals surface area contributed by atoms with Gasteiger partial charge in [-0.2, -0.15) is 12.6 Å². The average molecular weight is 221 g/mol. The highest BCUT2D eigenvalue weighted by molar-refractivity contribution is 7.81. The van der Waals surface area contributed by atoms with Crippen LogP contribution in [0.4, 0.5) is 0 Å². The van der Waals surface area contributed by atoms with Gasteiger partial charge in [-0.3, -0.25) is 4.79 Å². The lowest BCUT2D eigenvalue weighted by atomic mass is 10.0. The molecule has 0 fully saturated rings. The maximum Gasteiger partial charge on any atom is 0.327 e. The van der Waals surface area contributed by atoms with E-state index in [2.05, 4.69) is 22.7 Å². The summed E-state index contributed by atoms with van der Waals surface area (Å²) in [5.41, 5.74) is 0. The number of thiol groups is 1. The molecule has 1 atom stereocenters. The van der Waals surface area contributed by atoms with Gasteiger partial charge in [0.2, 0.25) is 5.91 Å². The summed E-state index contributed by atoms with van der Waals surface area (Å²) in [6.07, 6.45) is 0. The minimum atomic E-state index is -1.12. The molecule has 0 aromatic heterocycles. The van der Waals surface area contributed by atoms with Crippen LogP contribution in [0.2, 0.25) is 0 Å². The molecule has 0 heterocycles. The normalized spacial score (nSPS) is 13.4. The fourth-order valence-electron chi connectivity index (χ4n) is 0.874. The van der Waals surface area contributed by atoms with Crippen molar-refractivity contribution in [3.63, 3.8) is 0 Å². The van der Waals surface area contributed by atoms with Gasteiger partial charge in [0, 0.05) is 11.9 Å². The smallest absolute Gasteiger partial charge is 0.327 e. The van der Waals surface area contributed by atoms with E-state index in [0.717, 1.165) is 0 Å². The topological polar surface area (TPSA) is 75.6 Å². The van der Waals surface area contributed by atoms with Gasteiger partial charge in [0.1, 0.15) is 12.6 Å². The van der Waals surface area contributed by atoms with Crippen LogP contribution in [0.3, 0.4) is 0 Å². The van der Waals surface area contributed by atoms with Crippen LogP contribution in [0.1, 0.15) is 13.8 Å². The first-order valence-electron chi connectivity index (χ1n) is 4.02. The minimum absolute atomic E-state index is 0.159. The maximum atomic E-state index is 11.1. The Balaban J connectivity index is 4.40. The van der Waals surface area contributed by atoms with Crippen LogP contribution in [-0.4, -0.2) is 41.5 Å². The van der Waals surface area contributed by atoms with Gasteiger partial charge in [0.15, 0.2) is 0 Å². The number of nitrogens with one attached hydrogen (secondary N) is 1. The molecule has 6 heteroatoms. The number of methoxy groups -OCH3 is 1. The van der Waals surface area contributed by atoms with E-state index in [-0.39, 0.29) is 6.61 Å². The van der Waals surface area contributed by atoms with E-state index in [4.69, 9.17) is 5.11 Å². The number of rotatable bonds is 5. The molecule has 82 valence electrons. The van der Waals surface area contributed by atoms with Gasteiger partial charge >= 0.3 is 5.97 Å². The standard InChI is InChI=1S/C8H15NO4S/c1-8(2,14)6(7(11)12)9-5(10)4-13-3/h6,14H,4H2,1-3H3,(H,9,10)(H,11,12). The highest BCUT2D eigenvalue weighted by Gasteiger charge is 2.33. The van der Waals surface area contributed by atoms with Crippen molar-refractivity contribution in [1.82, 2.24) is 5.32 Å². The Kier molecular flexibility index (Phi) is 4.93. The summed E-state index contributed by atoms with van der Waals surface area (Å²) >= 11 is 4.10. The second kappa shape index (κ2) is 5.21. The van der Waals surface area contributed by atoms with Gasteiger partial charge < -0.3 is 15.2 Å². The van der Waals surface area contributed by atoms with Gasteiger partial charge in [-0.25, -0.2) is 4.79 Å². The van der Waals surface area contributed by atoms with Crippen molar-refractivity contribution in [1.29, 1.82) is 0 Å². The average Bonchev–Trinajstić information content (AvgIpc) is 1.98. The molecule has 0 bridgehead atoms. The lowest BCUT2D eigenvalue weighted by Crippen LogP contribution is -2.52. The van der Waals surface area contributed by atoms with Crippen LogP contribution in [0, 0.1) is 0 Å². The van der Waals surface area contributed by atoms with Gasteiger partial charge in [0.05, 0.1) is 0 Å². The van der Waals surface area contributed by atoms with Gasteiger partial charge in [-0.1, -0.05) is 0 Å². The third-order valence-electron chi connectivity index (χ3n) is 1.53. The second-order valence-electron chi connectivity index (χ2n) is 3.43. The van der Waals surface area contributed by atoms with Crippen LogP contribution in [0.25, 0.3) is 0 Å². The number of hydrogen-bond acceptors (Lipinski definition) is 4. The zero-order chi connectivity index (χ0) is 11.4. The van der Waals surface area contributed by atoms with Gasteiger partial charge in [-0.05, 0) is 13.8 Å². The van der Waals surface area contributed by atoms with E-state index >= 15 is 0 Å². The Morgan fingerprint density at radius 3 is 2.36 bits per heavy atom. The quantitative estimate of drug-likeness (QED) is 0.567. The van der Waals surface area contributed by atoms with E-state index in [0.29, 0.717) is 0 Å². The molecule has 1 amide bonds. The van der Waals surface area contributed by atoms with Crippen LogP contribution in [0.15, 0.2) is 0 Å². The fourth-order valence-corrected chi connectivity index (χ4v) is 1.05. The Hall–Kier alpha value is -0.750. The Labute approximate surface area is 88.2 Å². The number of ether oxygens (including phenoxy) is 1. The number of carboxylic acids is 1. The number of amides is 1. The first kappa shape index (κ1) is 13.2. The van der Waals surface area contributed by atoms with Crippen molar-refractivity contribution in [2.45, 2.75) is 24.6 Å². The Morgan fingerprint density at radius 2 is 2.07 bits per heavy atom. The first-order valence-corrected chi connectivity index (χ1v) is 4.47. The molecular weight excluding hydrogens is 206 g/mol. The number of aliphatic carboxylic acids is 1. The van der Waals surface area contributed by atoms with Gasteiger partial charge in [-0.15, -0.1) is 0 Å². The number of carboxylic acid groups (broad SMARTS) is 1. The molecule has 0 saturated carbocycles. The molecule has 0 aromatic carbocycles. The lowest BCUT2D eigenvalue weighted by molar-refractivity contribution is -0.143. The molecular formula is C8H15NO4S. The fraction of sp³-hybridized carbons (Fsp3) is 0.750. The van der Waals surface area contributed by atoms with Gasteiger partial charge in [0.25, 0.3) is 0 Å². The highest BCUT2D eigenvalue weighted by Crippen LogP contribution is 2.17. The molecule has 0 aliphatic carbocycles. The summed E-state index contributed by atoms with van der Waals surface area (Å²) in [6, 6.07) is -1.03. The van der Waals surface area contributed by atoms with Crippen molar-refractivity contribution in [2.75, 3.05) is 13.7 Å². The number of carbonyl (C=O) groups excluding carboxylic acids is 1. The zero-order valence-electron chi connectivity index (χ0n) is 8.40. The monoisotopic (exact) mass is 221 g/mol. The molecule has 0 aliphatic heterocycles. The molecule has 14 heavy (non-hydrogen) atoms. The van der Waals surface area contributed by atoms with Crippen molar-refractivity contribution in [2.24, 2.45) is 0 Å². The van der Waals surface area contributed by atoms with Crippen LogP contribution in [-0.2, 0) is 14.3 Å². The molecule has 2 N–H and O–H groups in total. The third-order valence-corrected chi connectivity index (χ3v) is 1.79. The molecule has 0 rings (SSSR count). The Morgan fingerprint density at radius 1 is 1.57 bits per heavy atom. The summed E-state index contributed by atoms with van der Waals surface area (Å²) in [7, 11) is 1.36. The summed E-state index contributed by atoms with van der Waals surface area (Å²) in [6.45, 7) is 3.07. The molecule has 5 nitrogen and oxygen atoms in total. The van der Waals surface area contributed by atoms with Crippen LogP contribution >= 0.6 is 12.6 Å². The third kappa shape index (κ3) is 4.48. The maximum absolute atomic E-state index is 11.1. The van der Waals surface area contributed by atoms with E-state index in [1.165, 1.54) is 7.11 Å². The number of carbonyl (C=O) groups is 2. The summed E-state index contributed by atoms with van der Waals surface area (Å²) in [4.78, 5) is 21.9. The molecule has 0 saturated heterocycles. The largest absolute Gasteiger partial charge is 0.480 e. The van der Waals surface area contributed by atoms with E-state index in [1.807, 2.05) is 0 Å². The summed E-state index contributed by atoms with van der Waals surface area (Å²) in [5.74, 6) is -1.59. The van der Waals surface area contributed by atoms with Crippen molar-refractivity contribution < 1.29 is 19.4 Å². The summed E-state index contributed by atoms with van der Waals surface area (Å²) < 4.78 is 3.74. The second-order valence-corrected chi connectivity index (χ2v) is 4.58. The molecule has 0 radical (unpaired) electrons. The van der Waals surface area contributed by atoms with E-state index in [1.54, 1.807) is 13.8 Å². The van der Waals surface area contributed by atoms with E-state index < -0.39 is 22.7 Å². The Bertz CT molecular complexity index is 224. The van der Waals surface area contributed by atoms with E-state index in [9.17, 15) is 9.59 Å². The van der Waals surface area contributed by atoms with Crippen LogP contribution in [0.5, 0.6) is 0 Å². The SMILES string of the molecule is COCC(=O)NC(C(=O)O)C(C)(C)S. The van der Waals surface area contributed by atoms with Crippen molar-refractivity contribution >= 4 is 24.5 Å². The predicted molar refractivity (Wildman–Crippen MR) is 54.5 cm³/mol. The van der Waals surface area contributed by atoms with Crippen LogP contribution < -0.4 is 5.32 Å². The highest BCUT2D eigenvalue weighted by atomic mass is 32.1. The lowest BCUT2D eigenvalue weighted by Gasteiger charge is -2.26.